The molecule has 10 nitrogen and oxygen atoms in total. The number of carboxylic acid groups (broad SMARTS) is 1. The van der Waals surface area contributed by atoms with E-state index in [0.29, 0.717) is 30.6 Å². The van der Waals surface area contributed by atoms with Gasteiger partial charge in [-0.3, -0.25) is 14.9 Å². The second kappa shape index (κ2) is 10.6. The number of carboxylic acids is 1. The summed E-state index contributed by atoms with van der Waals surface area (Å²) in [6.07, 6.45) is 7.88. The molecule has 1 unspecified atom stereocenters. The van der Waals surface area contributed by atoms with Crippen molar-refractivity contribution < 1.29 is 14.7 Å². The SMILES string of the molecule is CCNCc1cncc(-c2ccc3n[nH]c(C4(C5(C(N)=O)CCCC5)NC(C(=O)O)=CN4c4ccccc4)c3c2)c1C. The predicted molar refractivity (Wildman–Crippen MR) is 161 cm³/mol. The lowest BCUT2D eigenvalue weighted by Crippen LogP contribution is -2.65. The van der Waals surface area contributed by atoms with Crippen LogP contribution in [0, 0.1) is 12.3 Å². The van der Waals surface area contributed by atoms with E-state index >= 15 is 0 Å². The number of para-hydroxylation sites is 1. The number of hydrogen-bond acceptors (Lipinski definition) is 7. The molecule has 2 aromatic carbocycles. The number of nitrogens with one attached hydrogen (secondary N) is 3. The molecule has 42 heavy (non-hydrogen) atoms. The van der Waals surface area contributed by atoms with E-state index < -0.39 is 23.0 Å². The molecule has 1 fully saturated rings. The summed E-state index contributed by atoms with van der Waals surface area (Å²) < 4.78 is 0. The van der Waals surface area contributed by atoms with Crippen molar-refractivity contribution in [2.75, 3.05) is 11.4 Å². The summed E-state index contributed by atoms with van der Waals surface area (Å²) in [5.74, 6) is -1.61. The van der Waals surface area contributed by atoms with Crippen molar-refractivity contribution >= 4 is 28.5 Å². The van der Waals surface area contributed by atoms with E-state index in [1.54, 1.807) is 6.20 Å². The van der Waals surface area contributed by atoms with Crippen LogP contribution >= 0.6 is 0 Å². The molecule has 1 amide bonds. The van der Waals surface area contributed by atoms with E-state index in [1.165, 1.54) is 0 Å². The molecule has 1 aliphatic carbocycles. The van der Waals surface area contributed by atoms with Gasteiger partial charge in [0.05, 0.1) is 16.6 Å². The lowest BCUT2D eigenvalue weighted by atomic mass is 9.69. The van der Waals surface area contributed by atoms with Crippen molar-refractivity contribution in [1.82, 2.24) is 25.8 Å². The van der Waals surface area contributed by atoms with Crippen molar-refractivity contribution in [2.45, 2.75) is 51.7 Å². The summed E-state index contributed by atoms with van der Waals surface area (Å²) in [6.45, 7) is 5.73. The number of benzene rings is 2. The Labute approximate surface area is 244 Å². The van der Waals surface area contributed by atoms with Crippen LogP contribution in [0.3, 0.4) is 0 Å². The third-order valence-corrected chi connectivity index (χ3v) is 8.93. The first-order valence-corrected chi connectivity index (χ1v) is 14.3. The van der Waals surface area contributed by atoms with Crippen molar-refractivity contribution in [1.29, 1.82) is 0 Å². The van der Waals surface area contributed by atoms with Gasteiger partial charge in [0, 0.05) is 41.8 Å². The molecule has 0 spiro atoms. The van der Waals surface area contributed by atoms with E-state index in [0.717, 1.165) is 52.7 Å². The number of nitrogens with two attached hydrogens (primary N) is 1. The van der Waals surface area contributed by atoms with Crippen LogP contribution in [0.4, 0.5) is 5.69 Å². The Bertz CT molecular complexity index is 1690. The Morgan fingerprint density at radius 1 is 1.12 bits per heavy atom. The van der Waals surface area contributed by atoms with Gasteiger partial charge in [-0.2, -0.15) is 5.10 Å². The molecule has 6 N–H and O–H groups in total. The van der Waals surface area contributed by atoms with Gasteiger partial charge in [-0.15, -0.1) is 0 Å². The number of carbonyl (C=O) groups excluding carboxylic acids is 1. The summed E-state index contributed by atoms with van der Waals surface area (Å²) in [7, 11) is 0. The zero-order valence-electron chi connectivity index (χ0n) is 23.8. The smallest absolute Gasteiger partial charge is 0.353 e. The van der Waals surface area contributed by atoms with Crippen LogP contribution in [0.5, 0.6) is 0 Å². The Kier molecular flexibility index (Phi) is 6.94. The number of carbonyl (C=O) groups is 2. The molecule has 2 aliphatic rings. The molecule has 2 aromatic heterocycles. The number of anilines is 1. The minimum absolute atomic E-state index is 0.0264. The number of hydrogen-bond donors (Lipinski definition) is 5. The van der Waals surface area contributed by atoms with Gasteiger partial charge in [0.2, 0.25) is 5.91 Å². The van der Waals surface area contributed by atoms with Crippen molar-refractivity contribution in [3.05, 3.63) is 89.6 Å². The first kappa shape index (κ1) is 27.5. The highest BCUT2D eigenvalue weighted by atomic mass is 16.4. The predicted octanol–water partition coefficient (Wildman–Crippen LogP) is 4.28. The lowest BCUT2D eigenvalue weighted by molar-refractivity contribution is -0.136. The largest absolute Gasteiger partial charge is 0.477 e. The molecule has 10 heteroatoms. The fourth-order valence-electron chi connectivity index (χ4n) is 6.77. The molecule has 4 aromatic rings. The van der Waals surface area contributed by atoms with Crippen LogP contribution in [-0.2, 0) is 21.8 Å². The minimum atomic E-state index is -1.36. The van der Waals surface area contributed by atoms with Gasteiger partial charge < -0.3 is 26.4 Å². The normalized spacial score (nSPS) is 19.6. The van der Waals surface area contributed by atoms with Gasteiger partial charge in [0.1, 0.15) is 5.70 Å². The molecule has 3 heterocycles. The average Bonchev–Trinajstić information content (AvgIpc) is 3.75. The van der Waals surface area contributed by atoms with Crippen LogP contribution in [-0.4, -0.2) is 38.7 Å². The summed E-state index contributed by atoms with van der Waals surface area (Å²) in [6, 6.07) is 15.5. The number of amides is 1. The topological polar surface area (TPSA) is 149 Å². The number of pyridine rings is 1. The second-order valence-corrected chi connectivity index (χ2v) is 11.1. The van der Waals surface area contributed by atoms with Crippen molar-refractivity contribution in [3.63, 3.8) is 0 Å². The first-order chi connectivity index (χ1) is 20.3. The van der Waals surface area contributed by atoms with Gasteiger partial charge in [-0.1, -0.05) is 44.0 Å². The van der Waals surface area contributed by atoms with E-state index in [9.17, 15) is 14.7 Å². The molecular weight excluding hydrogens is 530 g/mol. The standard InChI is InChI=1S/C32H35N7O3/c1-3-34-16-22-17-35-18-25(20(22)2)21-11-12-26-24(15-21)28(38-37-26)32(31(30(33)42)13-7-8-14-31)36-27(29(40)41)19-39(32)23-9-5-4-6-10-23/h4-6,9-12,15,17-19,34,36H,3,7-8,13-14,16H2,1-2H3,(H2,33,42)(H,37,38)(H,40,41). The Hall–Kier alpha value is -4.70. The molecule has 216 valence electrons. The Morgan fingerprint density at radius 2 is 1.88 bits per heavy atom. The molecule has 1 atom stereocenters. The molecule has 6 rings (SSSR count). The average molecular weight is 566 g/mol. The van der Waals surface area contributed by atoms with Crippen LogP contribution in [0.15, 0.2) is 72.8 Å². The molecule has 0 saturated heterocycles. The highest BCUT2D eigenvalue weighted by Gasteiger charge is 2.64. The molecule has 1 saturated carbocycles. The number of aliphatic carboxylic acids is 1. The van der Waals surface area contributed by atoms with E-state index in [-0.39, 0.29) is 5.70 Å². The second-order valence-electron chi connectivity index (χ2n) is 11.1. The van der Waals surface area contributed by atoms with Crippen LogP contribution in [0.25, 0.3) is 22.0 Å². The summed E-state index contributed by atoms with van der Waals surface area (Å²) in [5.41, 5.74) is 9.93. The summed E-state index contributed by atoms with van der Waals surface area (Å²) in [4.78, 5) is 32.4. The van der Waals surface area contributed by atoms with Crippen LogP contribution in [0.2, 0.25) is 0 Å². The quantitative estimate of drug-likeness (QED) is 0.202. The molecular formula is C32H35N7O3. The minimum Gasteiger partial charge on any atom is -0.477 e. The number of aromatic nitrogens is 3. The number of H-pyrrole nitrogens is 1. The summed E-state index contributed by atoms with van der Waals surface area (Å²) >= 11 is 0. The maximum atomic E-state index is 13.6. The number of nitrogens with zero attached hydrogens (tertiary/aromatic N) is 3. The fourth-order valence-corrected chi connectivity index (χ4v) is 6.77. The highest BCUT2D eigenvalue weighted by Crippen LogP contribution is 2.57. The number of fused-ring (bicyclic) bond motifs is 1. The third kappa shape index (κ3) is 4.13. The monoisotopic (exact) mass is 565 g/mol. The number of aromatic amines is 1. The molecule has 0 radical (unpaired) electrons. The maximum absolute atomic E-state index is 13.6. The number of primary amides is 1. The van der Waals surface area contributed by atoms with Gasteiger partial charge in [0.15, 0.2) is 5.66 Å². The maximum Gasteiger partial charge on any atom is 0.353 e. The third-order valence-electron chi connectivity index (χ3n) is 8.93. The lowest BCUT2D eigenvalue weighted by Gasteiger charge is -2.49. The molecule has 1 aliphatic heterocycles. The molecule has 0 bridgehead atoms. The fraction of sp³-hybridized carbons (Fsp3) is 0.312. The van der Waals surface area contributed by atoms with Gasteiger partial charge in [-0.05, 0) is 67.3 Å². The Balaban J connectivity index is 1.61. The zero-order chi connectivity index (χ0) is 29.5. The zero-order valence-corrected chi connectivity index (χ0v) is 23.8. The van der Waals surface area contributed by atoms with Crippen molar-refractivity contribution in [2.24, 2.45) is 11.1 Å². The van der Waals surface area contributed by atoms with Gasteiger partial charge >= 0.3 is 5.97 Å². The van der Waals surface area contributed by atoms with E-state index in [2.05, 4.69) is 39.7 Å². The van der Waals surface area contributed by atoms with Crippen molar-refractivity contribution in [3.8, 4) is 11.1 Å². The number of rotatable bonds is 9. The van der Waals surface area contributed by atoms with E-state index in [1.807, 2.05) is 65.8 Å². The highest BCUT2D eigenvalue weighted by molar-refractivity contribution is 5.94. The van der Waals surface area contributed by atoms with Crippen LogP contribution < -0.4 is 21.3 Å². The Morgan fingerprint density at radius 3 is 2.57 bits per heavy atom. The summed E-state index contributed by atoms with van der Waals surface area (Å²) in [5, 5.41) is 25.5. The van der Waals surface area contributed by atoms with Crippen LogP contribution in [0.1, 0.15) is 49.4 Å². The van der Waals surface area contributed by atoms with Gasteiger partial charge in [-0.25, -0.2) is 4.79 Å². The van der Waals surface area contributed by atoms with E-state index in [4.69, 9.17) is 5.73 Å². The van der Waals surface area contributed by atoms with Gasteiger partial charge in [0.25, 0.3) is 0 Å². The first-order valence-electron chi connectivity index (χ1n) is 14.3.